The van der Waals surface area contributed by atoms with E-state index in [1.54, 1.807) is 0 Å². The third kappa shape index (κ3) is 2.46. The molecule has 0 unspecified atom stereocenters. The number of anilines is 1. The highest BCUT2D eigenvalue weighted by atomic mass is 35.5. The van der Waals surface area contributed by atoms with Crippen LogP contribution < -0.4 is 4.90 Å². The van der Waals surface area contributed by atoms with Crippen molar-refractivity contribution in [1.29, 1.82) is 0 Å². The summed E-state index contributed by atoms with van der Waals surface area (Å²) in [5, 5.41) is 0.720. The standard InChI is InChI=1S/C20H19ClN5/c1-13-7-9-25(15-4-2-14(21)3-5-15)12-17(13)20-24-11-16-10-23-19-18(26(16)20)6-8-22-19/h2-4,6,8,10-11,13,17,22H,7,9,12H2,1H3/t13-,17+/m1/s1. The smallest absolute Gasteiger partial charge is 0.154 e. The molecule has 4 aromatic rings. The number of H-pyrrole nitrogens is 1. The van der Waals surface area contributed by atoms with Crippen molar-refractivity contribution in [1.82, 2.24) is 19.4 Å². The Balaban J connectivity index is 1.56. The van der Waals surface area contributed by atoms with Crippen LogP contribution in [0.3, 0.4) is 0 Å². The topological polar surface area (TPSA) is 49.2 Å². The predicted molar refractivity (Wildman–Crippen MR) is 104 cm³/mol. The summed E-state index contributed by atoms with van der Waals surface area (Å²) >= 11 is 6.02. The molecule has 0 amide bonds. The summed E-state index contributed by atoms with van der Waals surface area (Å²) < 4.78 is 2.25. The second kappa shape index (κ2) is 6.02. The fraction of sp³-hybridized carbons (Fsp3) is 0.300. The molecule has 2 atom stereocenters. The van der Waals surface area contributed by atoms with Gasteiger partial charge in [0.1, 0.15) is 5.82 Å². The first-order valence-corrected chi connectivity index (χ1v) is 9.30. The molecule has 1 aliphatic rings. The third-order valence-electron chi connectivity index (χ3n) is 5.48. The number of benzene rings is 1. The first-order valence-electron chi connectivity index (χ1n) is 8.92. The predicted octanol–water partition coefficient (Wildman–Crippen LogP) is 4.29. The van der Waals surface area contributed by atoms with Crippen LogP contribution in [0.5, 0.6) is 0 Å². The Morgan fingerprint density at radius 1 is 1.23 bits per heavy atom. The quantitative estimate of drug-likeness (QED) is 0.577. The van der Waals surface area contributed by atoms with Crippen molar-refractivity contribution in [2.45, 2.75) is 19.3 Å². The van der Waals surface area contributed by atoms with Crippen LogP contribution in [0, 0.1) is 12.0 Å². The SMILES string of the molecule is C[C@@H]1CCN(c2[c]cc(Cl)cc2)C[C@@H]1c1ncc2cnc3[nH]ccc3n12. The molecule has 5 nitrogen and oxygen atoms in total. The summed E-state index contributed by atoms with van der Waals surface area (Å²) in [4.78, 5) is 14.8. The monoisotopic (exact) mass is 364 g/mol. The maximum atomic E-state index is 6.02. The van der Waals surface area contributed by atoms with Gasteiger partial charge in [-0.25, -0.2) is 9.97 Å². The number of nitrogens with zero attached hydrogens (tertiary/aromatic N) is 4. The average Bonchev–Trinajstić information content (AvgIpc) is 3.29. The molecule has 5 rings (SSSR count). The first-order chi connectivity index (χ1) is 12.7. The fourth-order valence-corrected chi connectivity index (χ4v) is 4.10. The number of aromatic amines is 1. The zero-order valence-corrected chi connectivity index (χ0v) is 15.2. The molecule has 0 spiro atoms. The van der Waals surface area contributed by atoms with E-state index in [0.717, 1.165) is 52.7 Å². The molecule has 26 heavy (non-hydrogen) atoms. The van der Waals surface area contributed by atoms with Gasteiger partial charge < -0.3 is 9.88 Å². The lowest BCUT2D eigenvalue weighted by Crippen LogP contribution is -2.39. The molecule has 1 fully saturated rings. The molecular weight excluding hydrogens is 346 g/mol. The van der Waals surface area contributed by atoms with E-state index in [1.165, 1.54) is 0 Å². The lowest BCUT2D eigenvalue weighted by Gasteiger charge is -2.37. The zero-order chi connectivity index (χ0) is 17.7. The molecule has 1 radical (unpaired) electrons. The molecule has 3 aromatic heterocycles. The Morgan fingerprint density at radius 3 is 2.96 bits per heavy atom. The van der Waals surface area contributed by atoms with Crippen molar-refractivity contribution >= 4 is 34.0 Å². The van der Waals surface area contributed by atoms with Gasteiger partial charge in [-0.2, -0.15) is 0 Å². The van der Waals surface area contributed by atoms with Crippen molar-refractivity contribution in [2.24, 2.45) is 5.92 Å². The van der Waals surface area contributed by atoms with Crippen LogP contribution in [-0.4, -0.2) is 32.4 Å². The van der Waals surface area contributed by atoms with Gasteiger partial charge in [0, 0.05) is 42.0 Å². The van der Waals surface area contributed by atoms with E-state index in [2.05, 4.69) is 38.3 Å². The van der Waals surface area contributed by atoms with Gasteiger partial charge in [-0.1, -0.05) is 18.5 Å². The highest BCUT2D eigenvalue weighted by Crippen LogP contribution is 2.35. The zero-order valence-electron chi connectivity index (χ0n) is 14.5. The van der Waals surface area contributed by atoms with Crippen LogP contribution in [0.15, 0.2) is 42.9 Å². The number of aromatic nitrogens is 4. The Morgan fingerprint density at radius 2 is 2.12 bits per heavy atom. The van der Waals surface area contributed by atoms with Gasteiger partial charge in [0.25, 0.3) is 0 Å². The highest BCUT2D eigenvalue weighted by Gasteiger charge is 2.31. The number of fused-ring (bicyclic) bond motifs is 3. The van der Waals surface area contributed by atoms with E-state index in [-0.39, 0.29) is 0 Å². The largest absolute Gasteiger partial charge is 0.370 e. The summed E-state index contributed by atoms with van der Waals surface area (Å²) in [6.07, 6.45) is 6.86. The average molecular weight is 365 g/mol. The van der Waals surface area contributed by atoms with E-state index in [1.807, 2.05) is 36.8 Å². The van der Waals surface area contributed by atoms with Gasteiger partial charge in [0.2, 0.25) is 0 Å². The number of hydrogen-bond donors (Lipinski definition) is 1. The number of hydrogen-bond acceptors (Lipinski definition) is 3. The fourth-order valence-electron chi connectivity index (χ4n) is 3.98. The second-order valence-electron chi connectivity index (χ2n) is 7.06. The number of imidazole rings is 1. The molecule has 1 N–H and O–H groups in total. The van der Waals surface area contributed by atoms with E-state index in [9.17, 15) is 0 Å². The van der Waals surface area contributed by atoms with Gasteiger partial charge in [-0.15, -0.1) is 0 Å². The summed E-state index contributed by atoms with van der Waals surface area (Å²) in [6, 6.07) is 11.2. The van der Waals surface area contributed by atoms with E-state index >= 15 is 0 Å². The van der Waals surface area contributed by atoms with Crippen molar-refractivity contribution < 1.29 is 0 Å². The number of halogens is 1. The van der Waals surface area contributed by atoms with Crippen LogP contribution in [0.1, 0.15) is 25.1 Å². The van der Waals surface area contributed by atoms with Crippen molar-refractivity contribution in [3.05, 3.63) is 59.8 Å². The summed E-state index contributed by atoms with van der Waals surface area (Å²) in [7, 11) is 0. The summed E-state index contributed by atoms with van der Waals surface area (Å²) in [5.41, 5.74) is 4.11. The van der Waals surface area contributed by atoms with Gasteiger partial charge >= 0.3 is 0 Å². The van der Waals surface area contributed by atoms with E-state index in [0.29, 0.717) is 11.8 Å². The minimum absolute atomic E-state index is 0.343. The highest BCUT2D eigenvalue weighted by molar-refractivity contribution is 6.30. The molecule has 4 heterocycles. The minimum Gasteiger partial charge on any atom is -0.370 e. The van der Waals surface area contributed by atoms with Crippen molar-refractivity contribution in [3.63, 3.8) is 0 Å². The molecule has 0 aliphatic carbocycles. The number of rotatable bonds is 2. The molecule has 0 bridgehead atoms. The van der Waals surface area contributed by atoms with E-state index < -0.39 is 0 Å². The normalized spacial score (nSPS) is 20.9. The van der Waals surface area contributed by atoms with Crippen LogP contribution in [-0.2, 0) is 0 Å². The van der Waals surface area contributed by atoms with Crippen molar-refractivity contribution in [2.75, 3.05) is 18.0 Å². The molecule has 0 saturated carbocycles. The van der Waals surface area contributed by atoms with Crippen LogP contribution >= 0.6 is 11.6 Å². The first kappa shape index (κ1) is 15.7. The van der Waals surface area contributed by atoms with Gasteiger partial charge in [-0.3, -0.25) is 4.40 Å². The van der Waals surface area contributed by atoms with Gasteiger partial charge in [-0.05, 0) is 36.6 Å². The molecule has 1 saturated heterocycles. The Bertz CT molecular complexity index is 1060. The van der Waals surface area contributed by atoms with Crippen molar-refractivity contribution in [3.8, 4) is 0 Å². The third-order valence-corrected chi connectivity index (χ3v) is 5.71. The van der Waals surface area contributed by atoms with Gasteiger partial charge in [0.15, 0.2) is 5.65 Å². The summed E-state index contributed by atoms with van der Waals surface area (Å²) in [6.45, 7) is 4.27. The molecule has 1 aromatic carbocycles. The Kier molecular flexibility index (Phi) is 3.64. The lowest BCUT2D eigenvalue weighted by atomic mass is 9.86. The minimum atomic E-state index is 0.343. The molecule has 1 aliphatic heterocycles. The molecular formula is C20H19ClN5. The Hall–Kier alpha value is -2.53. The summed E-state index contributed by atoms with van der Waals surface area (Å²) in [5.74, 6) is 2.01. The van der Waals surface area contributed by atoms with Crippen LogP contribution in [0.2, 0.25) is 5.02 Å². The lowest BCUT2D eigenvalue weighted by molar-refractivity contribution is 0.367. The van der Waals surface area contributed by atoms with E-state index in [4.69, 9.17) is 16.6 Å². The maximum Gasteiger partial charge on any atom is 0.154 e. The molecule has 6 heteroatoms. The number of nitrogens with one attached hydrogen (secondary N) is 1. The molecule has 131 valence electrons. The Labute approximate surface area is 156 Å². The van der Waals surface area contributed by atoms with Gasteiger partial charge in [0.05, 0.1) is 23.4 Å². The van der Waals surface area contributed by atoms with Crippen LogP contribution in [0.4, 0.5) is 5.69 Å². The number of piperidine rings is 1. The van der Waals surface area contributed by atoms with Crippen LogP contribution in [0.25, 0.3) is 16.7 Å². The second-order valence-corrected chi connectivity index (χ2v) is 7.49. The maximum absolute atomic E-state index is 6.02.